The van der Waals surface area contributed by atoms with Gasteiger partial charge in [0.15, 0.2) is 0 Å². The molecule has 1 aliphatic heterocycles. The minimum absolute atomic E-state index is 0.0682. The molecule has 2 aliphatic rings. The van der Waals surface area contributed by atoms with Crippen LogP contribution in [0.5, 0.6) is 0 Å². The van der Waals surface area contributed by atoms with Crippen molar-refractivity contribution in [2.45, 2.75) is 50.4 Å². The van der Waals surface area contributed by atoms with Gasteiger partial charge in [-0.15, -0.1) is 0 Å². The fourth-order valence-corrected chi connectivity index (χ4v) is 5.23. The van der Waals surface area contributed by atoms with Crippen LogP contribution in [0.1, 0.15) is 49.3 Å². The number of hydrogen-bond donors (Lipinski definition) is 2. The normalized spacial score (nSPS) is 23.1. The van der Waals surface area contributed by atoms with E-state index in [1.807, 2.05) is 6.92 Å². The number of alkyl halides is 3. The van der Waals surface area contributed by atoms with Crippen LogP contribution in [0.2, 0.25) is 0 Å². The van der Waals surface area contributed by atoms with E-state index in [0.717, 1.165) is 55.6 Å². The second-order valence-corrected chi connectivity index (χ2v) is 10.4. The van der Waals surface area contributed by atoms with Crippen molar-refractivity contribution >= 4 is 27.8 Å². The van der Waals surface area contributed by atoms with Crippen molar-refractivity contribution < 1.29 is 37.0 Å². The number of benzene rings is 2. The summed E-state index contributed by atoms with van der Waals surface area (Å²) >= 11 is 3.52. The van der Waals surface area contributed by atoms with Gasteiger partial charge in [-0.1, -0.05) is 40.2 Å². The first-order chi connectivity index (χ1) is 18.0. The molecule has 0 bridgehead atoms. The molecule has 0 aromatic heterocycles. The maximum atomic E-state index is 13.4. The number of amides is 1. The molecule has 6 nitrogen and oxygen atoms in total. The first kappa shape index (κ1) is 30.0. The van der Waals surface area contributed by atoms with Gasteiger partial charge >= 0.3 is 12.1 Å². The lowest BCUT2D eigenvalue weighted by Crippen LogP contribution is -2.48. The molecule has 1 saturated carbocycles. The largest absolute Gasteiger partial charge is 0.490 e. The third kappa shape index (κ3) is 8.51. The number of halogens is 5. The molecule has 1 saturated heterocycles. The fourth-order valence-electron chi connectivity index (χ4n) is 4.97. The molecule has 1 heterocycles. The van der Waals surface area contributed by atoms with Gasteiger partial charge in [-0.3, -0.25) is 9.69 Å². The summed E-state index contributed by atoms with van der Waals surface area (Å²) in [5, 5.41) is 10.3. The summed E-state index contributed by atoms with van der Waals surface area (Å²) in [5.74, 6) is -2.83. The monoisotopic (exact) mass is 602 g/mol. The Morgan fingerprint density at radius 1 is 1.05 bits per heavy atom. The van der Waals surface area contributed by atoms with Gasteiger partial charge in [0.2, 0.25) is 5.91 Å². The minimum Gasteiger partial charge on any atom is -0.475 e. The Kier molecular flexibility index (Phi) is 10.7. The van der Waals surface area contributed by atoms with Crippen LogP contribution in [-0.2, 0) is 14.3 Å². The van der Waals surface area contributed by atoms with Gasteiger partial charge in [-0.25, -0.2) is 9.18 Å². The number of carbonyl (C=O) groups excluding carboxylic acids is 1. The van der Waals surface area contributed by atoms with Crippen LogP contribution < -0.4 is 5.32 Å². The molecule has 2 N–H and O–H groups in total. The van der Waals surface area contributed by atoms with E-state index in [4.69, 9.17) is 14.6 Å². The van der Waals surface area contributed by atoms with Crippen molar-refractivity contribution in [3.05, 3.63) is 69.9 Å². The molecule has 4 rings (SSSR count). The summed E-state index contributed by atoms with van der Waals surface area (Å²) in [6.45, 7) is 5.47. The van der Waals surface area contributed by atoms with E-state index in [9.17, 15) is 22.4 Å². The molecule has 2 fully saturated rings. The molecule has 0 spiro atoms. The summed E-state index contributed by atoms with van der Waals surface area (Å²) in [6.07, 6.45) is -2.22. The van der Waals surface area contributed by atoms with E-state index in [-0.39, 0.29) is 29.6 Å². The highest BCUT2D eigenvalue weighted by Gasteiger charge is 2.39. The number of carbonyl (C=O) groups is 2. The van der Waals surface area contributed by atoms with Gasteiger partial charge in [-0.05, 0) is 67.5 Å². The number of ether oxygens (including phenoxy) is 1. The number of hydrogen-bond acceptors (Lipinski definition) is 4. The first-order valence-electron chi connectivity index (χ1n) is 12.4. The van der Waals surface area contributed by atoms with Crippen molar-refractivity contribution in [3.63, 3.8) is 0 Å². The highest BCUT2D eigenvalue weighted by Crippen LogP contribution is 2.40. The van der Waals surface area contributed by atoms with Crippen LogP contribution in [0.25, 0.3) is 0 Å². The Balaban J connectivity index is 0.000000505. The number of aliphatic carboxylic acids is 1. The summed E-state index contributed by atoms with van der Waals surface area (Å²) in [5.41, 5.74) is 2.13. The van der Waals surface area contributed by atoms with E-state index in [1.54, 1.807) is 12.1 Å². The number of rotatable bonds is 5. The summed E-state index contributed by atoms with van der Waals surface area (Å²) < 4.78 is 51.6. The topological polar surface area (TPSA) is 78.9 Å². The minimum atomic E-state index is -5.08. The van der Waals surface area contributed by atoms with Crippen molar-refractivity contribution in [2.75, 3.05) is 26.3 Å². The number of nitrogens with zero attached hydrogens (tertiary/aromatic N) is 1. The highest BCUT2D eigenvalue weighted by atomic mass is 79.9. The second kappa shape index (κ2) is 13.5. The zero-order valence-corrected chi connectivity index (χ0v) is 22.5. The van der Waals surface area contributed by atoms with Gasteiger partial charge in [0, 0.05) is 29.5 Å². The number of morpholine rings is 1. The Hall–Kier alpha value is -2.50. The van der Waals surface area contributed by atoms with Crippen molar-refractivity contribution in [1.29, 1.82) is 0 Å². The van der Waals surface area contributed by atoms with Crippen LogP contribution in [-0.4, -0.2) is 60.4 Å². The predicted molar refractivity (Wildman–Crippen MR) is 137 cm³/mol. The standard InChI is InChI=1S/C25H30BrFN2O2.C2HF3O2/c1-17(18-4-8-21(27)9-5-18)28-25(30)23-11-10-22(29-12-14-31-15-13-29)16-24(23)19-2-6-20(26)7-3-19;3-2(4,5)1(6)7/h2-9,17,22-24H,10-16H2,1H3,(H,28,30);(H,6,7)/t17-,22+,23+,24-;/m0./s1. The van der Waals surface area contributed by atoms with Crippen molar-refractivity contribution in [3.8, 4) is 0 Å². The van der Waals surface area contributed by atoms with Gasteiger partial charge in [0.25, 0.3) is 0 Å². The van der Waals surface area contributed by atoms with Crippen LogP contribution >= 0.6 is 15.9 Å². The molecule has 11 heteroatoms. The molecular weight excluding hydrogens is 572 g/mol. The zero-order chi connectivity index (χ0) is 27.9. The second-order valence-electron chi connectivity index (χ2n) is 9.46. The highest BCUT2D eigenvalue weighted by molar-refractivity contribution is 9.10. The first-order valence-corrected chi connectivity index (χ1v) is 13.2. The maximum Gasteiger partial charge on any atom is 0.490 e. The lowest BCUT2D eigenvalue weighted by molar-refractivity contribution is -0.192. The van der Waals surface area contributed by atoms with E-state index in [0.29, 0.717) is 6.04 Å². The van der Waals surface area contributed by atoms with E-state index in [2.05, 4.69) is 50.4 Å². The van der Waals surface area contributed by atoms with E-state index < -0.39 is 12.1 Å². The fraction of sp³-hybridized carbons (Fsp3) is 0.481. The molecule has 208 valence electrons. The van der Waals surface area contributed by atoms with Crippen molar-refractivity contribution in [1.82, 2.24) is 10.2 Å². The van der Waals surface area contributed by atoms with Gasteiger partial charge < -0.3 is 15.2 Å². The molecule has 2 aromatic rings. The Labute approximate surface area is 227 Å². The lowest BCUT2D eigenvalue weighted by atomic mass is 9.72. The number of carboxylic acids is 1. The smallest absolute Gasteiger partial charge is 0.475 e. The zero-order valence-electron chi connectivity index (χ0n) is 20.9. The molecule has 2 aromatic carbocycles. The summed E-state index contributed by atoms with van der Waals surface area (Å²) in [4.78, 5) is 24.8. The van der Waals surface area contributed by atoms with Crippen LogP contribution in [0, 0.1) is 11.7 Å². The third-order valence-corrected chi connectivity index (χ3v) is 7.52. The van der Waals surface area contributed by atoms with E-state index in [1.165, 1.54) is 17.7 Å². The Morgan fingerprint density at radius 3 is 2.18 bits per heavy atom. The molecule has 1 amide bonds. The van der Waals surface area contributed by atoms with Crippen LogP contribution in [0.15, 0.2) is 53.0 Å². The van der Waals surface area contributed by atoms with Crippen LogP contribution in [0.4, 0.5) is 17.6 Å². The molecule has 0 radical (unpaired) electrons. The third-order valence-electron chi connectivity index (χ3n) is 6.99. The van der Waals surface area contributed by atoms with Gasteiger partial charge in [-0.2, -0.15) is 13.2 Å². The number of carboxylic acid groups (broad SMARTS) is 1. The predicted octanol–water partition coefficient (Wildman–Crippen LogP) is 5.68. The number of nitrogens with one attached hydrogen (secondary N) is 1. The molecule has 38 heavy (non-hydrogen) atoms. The average molecular weight is 603 g/mol. The lowest BCUT2D eigenvalue weighted by Gasteiger charge is -2.42. The average Bonchev–Trinajstić information content (AvgIpc) is 2.89. The SMILES string of the molecule is C[C@H](NC(=O)[C@@H]1CC[C@@H](N2CCOCC2)C[C@H]1c1ccc(Br)cc1)c1ccc(F)cc1.O=C(O)C(F)(F)F. The van der Waals surface area contributed by atoms with Crippen molar-refractivity contribution in [2.24, 2.45) is 5.92 Å². The van der Waals surface area contributed by atoms with Crippen LogP contribution in [0.3, 0.4) is 0 Å². The maximum absolute atomic E-state index is 13.4. The molecule has 1 aliphatic carbocycles. The van der Waals surface area contributed by atoms with Gasteiger partial charge in [0.05, 0.1) is 19.3 Å². The molecular formula is C27H31BrF4N2O4. The quantitative estimate of drug-likeness (QED) is 0.430. The summed E-state index contributed by atoms with van der Waals surface area (Å²) in [7, 11) is 0. The summed E-state index contributed by atoms with van der Waals surface area (Å²) in [6, 6.07) is 15.1. The van der Waals surface area contributed by atoms with E-state index >= 15 is 0 Å². The Morgan fingerprint density at radius 2 is 1.63 bits per heavy atom. The molecule has 4 atom stereocenters. The van der Waals surface area contributed by atoms with Gasteiger partial charge in [0.1, 0.15) is 5.82 Å². The molecule has 0 unspecified atom stereocenters. The Bertz CT molecular complexity index is 1060.